The number of ether oxygens (including phenoxy) is 3. The van der Waals surface area contributed by atoms with Gasteiger partial charge in [-0.25, -0.2) is 13.2 Å². The van der Waals surface area contributed by atoms with Gasteiger partial charge >= 0.3 is 5.97 Å². The summed E-state index contributed by atoms with van der Waals surface area (Å²) >= 11 is 0.631. The third-order valence-electron chi connectivity index (χ3n) is 23.4. The van der Waals surface area contributed by atoms with Crippen LogP contribution < -0.4 is 53.6 Å². The van der Waals surface area contributed by atoms with E-state index < -0.39 is 273 Å². The van der Waals surface area contributed by atoms with Crippen molar-refractivity contribution in [1.29, 1.82) is 0 Å². The molecule has 15 amide bonds. The Hall–Kier alpha value is -13.6. The van der Waals surface area contributed by atoms with Crippen LogP contribution in [0.1, 0.15) is 93.5 Å². The smallest absolute Gasteiger partial charge is 0.303 e. The Balaban J connectivity index is 1.14. The number of phenols is 1. The first-order chi connectivity index (χ1) is 64.4. The number of aromatic hydroxyl groups is 1. The van der Waals surface area contributed by atoms with Crippen molar-refractivity contribution in [3.63, 3.8) is 0 Å². The van der Waals surface area contributed by atoms with Crippen molar-refractivity contribution in [2.24, 2.45) is 11.7 Å². The summed E-state index contributed by atoms with van der Waals surface area (Å²) in [6.45, 7) is 1.06. The van der Waals surface area contributed by atoms with Gasteiger partial charge in [0, 0.05) is 116 Å². The Labute approximate surface area is 780 Å². The van der Waals surface area contributed by atoms with Crippen LogP contribution in [0.4, 0.5) is 13.2 Å². The summed E-state index contributed by atoms with van der Waals surface area (Å²) in [6, 6.07) is 7.41. The molecule has 0 radical (unpaired) electrons. The molecule has 6 aromatic rings. The van der Waals surface area contributed by atoms with Crippen LogP contribution in [0.2, 0.25) is 0 Å². The summed E-state index contributed by atoms with van der Waals surface area (Å²) in [6.07, 6.45) is -3.81. The normalized spacial score (nSPS) is 24.0. The maximum atomic E-state index is 15.7. The number of carbonyl (C=O) groups excluding carboxylic acids is 16. The molecule has 15 N–H and O–H groups in total. The lowest BCUT2D eigenvalue weighted by atomic mass is 9.98. The number of carboxylic acid groups (broad SMARTS) is 1. The third-order valence-corrected chi connectivity index (χ3v) is 24.5. The second-order valence-corrected chi connectivity index (χ2v) is 34.5. The number of H-pyrrole nitrogens is 1. The number of likely N-dealkylation sites (N-methyl/N-ethyl adjacent to an activating group) is 3. The summed E-state index contributed by atoms with van der Waals surface area (Å²) < 4.78 is 61.3. The van der Waals surface area contributed by atoms with Crippen molar-refractivity contribution in [2.45, 2.75) is 182 Å². The summed E-state index contributed by atoms with van der Waals surface area (Å²) in [5, 5.41) is 55.6. The highest BCUT2D eigenvalue weighted by Crippen LogP contribution is 2.28. The molecule has 0 bridgehead atoms. The van der Waals surface area contributed by atoms with Gasteiger partial charge in [0.1, 0.15) is 90.9 Å². The molecular formula is C92H115F3N16O23S. The van der Waals surface area contributed by atoms with Crippen LogP contribution in [0.5, 0.6) is 5.75 Å². The van der Waals surface area contributed by atoms with E-state index in [4.69, 9.17) is 19.9 Å². The molecule has 39 nitrogen and oxygen atoms in total. The number of hydrogen-bond acceptors (Lipinski definition) is 23. The molecule has 3 aliphatic heterocycles. The third kappa shape index (κ3) is 29.5. The lowest BCUT2D eigenvalue weighted by Crippen LogP contribution is -2.64. The zero-order chi connectivity index (χ0) is 98.4. The van der Waals surface area contributed by atoms with E-state index in [0.717, 1.165) is 31.5 Å². The molecule has 1 aromatic heterocycles. The predicted octanol–water partition coefficient (Wildman–Crippen LogP) is -0.379. The Kier molecular flexibility index (Phi) is 39.3. The Morgan fingerprint density at radius 2 is 1.16 bits per heavy atom. The average Bonchev–Trinajstić information content (AvgIpc) is 1.76. The fourth-order valence-electron chi connectivity index (χ4n) is 16.0. The number of fused-ring (bicyclic) bond motifs is 3. The number of aromatic nitrogens is 1. The maximum absolute atomic E-state index is 15.7. The molecule has 4 heterocycles. The number of aliphatic carboxylic acids is 1. The van der Waals surface area contributed by atoms with E-state index in [1.54, 1.807) is 98.0 Å². The highest BCUT2D eigenvalue weighted by Gasteiger charge is 2.48. The first-order valence-electron chi connectivity index (χ1n) is 43.9. The predicted molar refractivity (Wildman–Crippen MR) is 481 cm³/mol. The van der Waals surface area contributed by atoms with E-state index in [9.17, 15) is 58.1 Å². The molecule has 0 aliphatic carbocycles. The minimum absolute atomic E-state index is 0.0442. The first-order valence-corrected chi connectivity index (χ1v) is 45.1. The summed E-state index contributed by atoms with van der Waals surface area (Å²) in [4.78, 5) is 257. The van der Waals surface area contributed by atoms with Crippen LogP contribution in [0.3, 0.4) is 0 Å². The topological polar surface area (TPSA) is 545 Å². The fraction of sp³-hybridized carbons (Fsp3) is 0.467. The Morgan fingerprint density at radius 1 is 0.593 bits per heavy atom. The number of amides is 15. The van der Waals surface area contributed by atoms with E-state index in [1.807, 2.05) is 0 Å². The van der Waals surface area contributed by atoms with E-state index in [-0.39, 0.29) is 76.1 Å². The number of nitrogens with zero attached hydrogens (tertiary/aromatic N) is 5. The van der Waals surface area contributed by atoms with Crippen molar-refractivity contribution in [3.8, 4) is 5.75 Å². The number of para-hydroxylation sites is 1. The average molecular weight is 1900 g/mol. The Bertz CT molecular complexity index is 5200. The van der Waals surface area contributed by atoms with Gasteiger partial charge in [-0.05, 0) is 83.3 Å². The van der Waals surface area contributed by atoms with Gasteiger partial charge in [-0.15, -0.1) is 11.8 Å². The molecule has 0 unspecified atom stereocenters. The number of methoxy groups -OCH3 is 1. The number of nitrogens with two attached hydrogens (primary N) is 1. The summed E-state index contributed by atoms with van der Waals surface area (Å²) in [5.41, 5.74) is 7.23. The van der Waals surface area contributed by atoms with Crippen LogP contribution >= 0.6 is 11.8 Å². The highest BCUT2D eigenvalue weighted by molar-refractivity contribution is 8.00. The number of benzene rings is 5. The van der Waals surface area contributed by atoms with Gasteiger partial charge in [-0.3, -0.25) is 81.5 Å². The second kappa shape index (κ2) is 50.5. The van der Waals surface area contributed by atoms with Crippen molar-refractivity contribution in [2.75, 3.05) is 85.8 Å². The molecule has 728 valence electrons. The molecule has 9 rings (SSSR count). The number of carboxylic acids is 1. The fourth-order valence-corrected chi connectivity index (χ4v) is 16.8. The SMILES string of the molecule is CCCC[C@H]1C(=O)N2C[C@H](O)C[C@@H]2C(=O)N[C@@H](COC=O)C(=O)N[C@@H](C(C)C)C(=O)N(C)[C@@H](Cc2ccccc2)C(=O)N[C@@H](CCC(=O)O)C(=O)N2CCOC[C@@H]2C(=O)N[C@@H](Cc2c[nH]c3ccccc23)C(=O)N[C@@H](Cc2ccc(O)cc2)C(=O)N[C@@H](CCOC)C(=O)N[C@H](C(=O)NCC(N)=O)CSCC(=O)N[C@@H](Cc2cc(F)c(F)c(F)c2)C(=O)N(C)[C@@H](Cc2ccccc2)C(=O)N1C. The van der Waals surface area contributed by atoms with E-state index in [1.165, 1.54) is 59.3 Å². The molecular weight excluding hydrogens is 1790 g/mol. The number of aromatic amines is 1. The molecule has 0 saturated carbocycles. The molecule has 135 heavy (non-hydrogen) atoms. The number of thioether (sulfide) groups is 1. The maximum Gasteiger partial charge on any atom is 0.303 e. The van der Waals surface area contributed by atoms with Crippen molar-refractivity contribution < 1.29 is 124 Å². The van der Waals surface area contributed by atoms with Gasteiger partial charge in [0.2, 0.25) is 88.6 Å². The number of aliphatic hydroxyl groups is 1. The second-order valence-electron chi connectivity index (χ2n) is 33.5. The number of nitrogens with one attached hydrogen (secondary N) is 10. The van der Waals surface area contributed by atoms with Crippen LogP contribution in [0, 0.1) is 23.4 Å². The standard InChI is InChI=1S/C92H115F3N16O23S/c1-8-9-24-70-91(130)111-45-58(114)42-72(111)86(125)104-68(46-134-50-112)84(123)106-79(51(2)3)92(131)108(5)71(39-52-18-12-10-13-19-52)85(124)101-64(29-30-77(117)118)89(128)110-32-34-133-47-74(110)87(126)103-66(41-56-43-97-62-23-17-16-22-59(56)62)83(122)102-65(37-54-25-27-57(113)28-26-54)82(121)100-63(31-33-132-7)81(120)105-69(80(119)98-44-75(96)115)48-135-49-76(116)99-67(38-55-35-60(93)78(95)61(94)36-55)88(127)109(6)73(90(129)107(70)4)40-53-20-14-11-15-21-53/h10-23,25-28,35-36,43,50-51,58,63-74,79,97,113-114H,8-9,24,29-34,37-42,44-49H2,1-7H3,(H2,96,115)(H,98,119)(H,99,116)(H,100,121)(H,101,124)(H,102,122)(H,103,126)(H,104,125)(H,105,120)(H,106,123)(H,117,118)/t58-,63+,64+,65+,66+,67+,68+,69+,70+,71+,72-,73+,74-,79+/m1/s1. The minimum Gasteiger partial charge on any atom is -0.508 e. The summed E-state index contributed by atoms with van der Waals surface area (Å²) in [5.74, 6) is -24.9. The van der Waals surface area contributed by atoms with E-state index in [0.29, 0.717) is 63.5 Å². The number of carbonyl (C=O) groups is 17. The van der Waals surface area contributed by atoms with Crippen molar-refractivity contribution in [3.05, 3.63) is 173 Å². The zero-order valence-corrected chi connectivity index (χ0v) is 76.4. The number of aliphatic hydroxyl groups excluding tert-OH is 1. The van der Waals surface area contributed by atoms with E-state index in [2.05, 4.69) is 52.8 Å². The van der Waals surface area contributed by atoms with Gasteiger partial charge < -0.3 is 113 Å². The van der Waals surface area contributed by atoms with Gasteiger partial charge in [0.25, 0.3) is 6.47 Å². The molecule has 3 aliphatic rings. The summed E-state index contributed by atoms with van der Waals surface area (Å²) in [7, 11) is 4.87. The monoisotopic (exact) mass is 1900 g/mol. The molecule has 3 fully saturated rings. The minimum atomic E-state index is -1.91. The highest BCUT2D eigenvalue weighted by atomic mass is 32.2. The number of unbranched alkanes of at least 4 members (excludes halogenated alkanes) is 1. The number of halogens is 3. The number of morpholine rings is 1. The number of phenolic OH excluding ortho intramolecular Hbond substituents is 1. The first kappa shape index (κ1) is 105. The largest absolute Gasteiger partial charge is 0.508 e. The van der Waals surface area contributed by atoms with Crippen molar-refractivity contribution in [1.82, 2.24) is 77.3 Å². The molecule has 5 aromatic carbocycles. The molecule has 0 spiro atoms. The number of rotatable bonds is 26. The number of hydrogen-bond donors (Lipinski definition) is 14. The Morgan fingerprint density at radius 3 is 1.79 bits per heavy atom. The van der Waals surface area contributed by atoms with Crippen LogP contribution in [0.25, 0.3) is 10.9 Å². The van der Waals surface area contributed by atoms with Crippen LogP contribution in [-0.2, 0) is 128 Å². The zero-order valence-electron chi connectivity index (χ0n) is 75.6. The molecule has 14 atom stereocenters. The number of primary amides is 1. The van der Waals surface area contributed by atoms with Crippen LogP contribution in [0.15, 0.2) is 128 Å². The van der Waals surface area contributed by atoms with E-state index >= 15 is 51.9 Å². The van der Waals surface area contributed by atoms with Gasteiger partial charge in [0.05, 0.1) is 31.6 Å². The quantitative estimate of drug-likeness (QED) is 0.0243. The van der Waals surface area contributed by atoms with Gasteiger partial charge in [-0.1, -0.05) is 125 Å². The molecule has 43 heteroatoms. The van der Waals surface area contributed by atoms with Gasteiger partial charge in [0.15, 0.2) is 17.5 Å². The van der Waals surface area contributed by atoms with Gasteiger partial charge in [-0.2, -0.15) is 0 Å². The lowest BCUT2D eigenvalue weighted by Gasteiger charge is -2.38. The van der Waals surface area contributed by atoms with Crippen LogP contribution in [-0.4, -0.2) is 316 Å². The van der Waals surface area contributed by atoms with Crippen molar-refractivity contribution >= 4 is 124 Å². The molecule has 3 saturated heterocycles. The lowest BCUT2D eigenvalue weighted by molar-refractivity contribution is -0.152.